The van der Waals surface area contributed by atoms with E-state index in [9.17, 15) is 0 Å². The molecule has 0 saturated carbocycles. The van der Waals surface area contributed by atoms with Crippen molar-refractivity contribution < 1.29 is 0 Å². The molecule has 0 amide bonds. The number of likely N-dealkylation sites (tertiary alicyclic amines) is 1. The van der Waals surface area contributed by atoms with Gasteiger partial charge < -0.3 is 15.1 Å². The molecular weight excluding hydrogens is 198 g/mol. The first-order valence-corrected chi connectivity index (χ1v) is 6.71. The Morgan fingerprint density at radius 2 is 1.88 bits per heavy atom. The molecule has 1 heterocycles. The summed E-state index contributed by atoms with van der Waals surface area (Å²) in [4.78, 5) is 4.83. The van der Waals surface area contributed by atoms with Crippen LogP contribution < -0.4 is 5.32 Å². The highest BCUT2D eigenvalue weighted by Gasteiger charge is 2.19. The number of hydrogen-bond donors (Lipinski definition) is 1. The maximum atomic E-state index is 3.68. The zero-order valence-corrected chi connectivity index (χ0v) is 11.5. The summed E-state index contributed by atoms with van der Waals surface area (Å²) in [7, 11) is 4.28. The third-order valence-corrected chi connectivity index (χ3v) is 3.47. The molecule has 0 aliphatic carbocycles. The van der Waals surface area contributed by atoms with Crippen LogP contribution in [-0.4, -0.2) is 62.2 Å². The van der Waals surface area contributed by atoms with E-state index in [2.05, 4.69) is 43.1 Å². The second kappa shape index (κ2) is 7.25. The summed E-state index contributed by atoms with van der Waals surface area (Å²) in [5, 5.41) is 3.68. The lowest BCUT2D eigenvalue weighted by Crippen LogP contribution is -2.45. The summed E-state index contributed by atoms with van der Waals surface area (Å²) in [6.45, 7) is 9.49. The molecule has 0 unspecified atom stereocenters. The highest BCUT2D eigenvalue weighted by atomic mass is 15.2. The number of rotatable bonds is 6. The quantitative estimate of drug-likeness (QED) is 0.692. The van der Waals surface area contributed by atoms with Crippen LogP contribution >= 0.6 is 0 Å². The fraction of sp³-hybridized carbons (Fsp3) is 1.00. The monoisotopic (exact) mass is 227 g/mol. The Hall–Kier alpha value is -0.120. The molecule has 16 heavy (non-hydrogen) atoms. The second-order valence-corrected chi connectivity index (χ2v) is 5.51. The molecule has 0 bridgehead atoms. The Bertz CT molecular complexity index is 172. The summed E-state index contributed by atoms with van der Waals surface area (Å²) < 4.78 is 0. The van der Waals surface area contributed by atoms with Crippen LogP contribution in [0.25, 0.3) is 0 Å². The average Bonchev–Trinajstić information content (AvgIpc) is 2.25. The van der Waals surface area contributed by atoms with E-state index in [1.54, 1.807) is 0 Å². The SMILES string of the molecule is CC(C)N1CCC(NCCCN(C)C)CC1. The molecule has 0 aromatic carbocycles. The summed E-state index contributed by atoms with van der Waals surface area (Å²) in [5.74, 6) is 0. The van der Waals surface area contributed by atoms with Crippen molar-refractivity contribution in [3.8, 4) is 0 Å². The summed E-state index contributed by atoms with van der Waals surface area (Å²) >= 11 is 0. The molecular formula is C13H29N3. The Balaban J connectivity index is 2.04. The molecule has 0 aromatic heterocycles. The van der Waals surface area contributed by atoms with Crippen LogP contribution in [-0.2, 0) is 0 Å². The fourth-order valence-corrected chi connectivity index (χ4v) is 2.32. The van der Waals surface area contributed by atoms with E-state index >= 15 is 0 Å². The van der Waals surface area contributed by atoms with Crippen molar-refractivity contribution in [3.63, 3.8) is 0 Å². The van der Waals surface area contributed by atoms with Gasteiger partial charge in [0.15, 0.2) is 0 Å². The minimum atomic E-state index is 0.717. The van der Waals surface area contributed by atoms with Crippen molar-refractivity contribution in [1.82, 2.24) is 15.1 Å². The molecule has 3 heteroatoms. The first-order valence-electron chi connectivity index (χ1n) is 6.71. The van der Waals surface area contributed by atoms with E-state index in [1.165, 1.54) is 45.4 Å². The van der Waals surface area contributed by atoms with Crippen LogP contribution in [0.4, 0.5) is 0 Å². The van der Waals surface area contributed by atoms with E-state index < -0.39 is 0 Å². The van der Waals surface area contributed by atoms with Gasteiger partial charge in [-0.3, -0.25) is 0 Å². The number of nitrogens with one attached hydrogen (secondary N) is 1. The summed E-state index contributed by atoms with van der Waals surface area (Å²) in [6, 6.07) is 1.48. The second-order valence-electron chi connectivity index (χ2n) is 5.51. The Morgan fingerprint density at radius 3 is 2.38 bits per heavy atom. The lowest BCUT2D eigenvalue weighted by molar-refractivity contribution is 0.161. The predicted octanol–water partition coefficient (Wildman–Crippen LogP) is 1.40. The molecule has 1 aliphatic rings. The third kappa shape index (κ3) is 5.28. The van der Waals surface area contributed by atoms with Crippen LogP contribution in [0.15, 0.2) is 0 Å². The van der Waals surface area contributed by atoms with Crippen molar-refractivity contribution in [3.05, 3.63) is 0 Å². The van der Waals surface area contributed by atoms with Gasteiger partial charge in [0.1, 0.15) is 0 Å². The van der Waals surface area contributed by atoms with Crippen molar-refractivity contribution in [2.24, 2.45) is 0 Å². The molecule has 3 nitrogen and oxygen atoms in total. The lowest BCUT2D eigenvalue weighted by atomic mass is 10.0. The topological polar surface area (TPSA) is 18.5 Å². The van der Waals surface area contributed by atoms with Crippen LogP contribution in [0.1, 0.15) is 33.1 Å². The molecule has 1 rings (SSSR count). The van der Waals surface area contributed by atoms with Gasteiger partial charge in [-0.2, -0.15) is 0 Å². The molecule has 1 fully saturated rings. The zero-order chi connectivity index (χ0) is 12.0. The highest BCUT2D eigenvalue weighted by Crippen LogP contribution is 2.12. The van der Waals surface area contributed by atoms with E-state index in [4.69, 9.17) is 0 Å². The fourth-order valence-electron chi connectivity index (χ4n) is 2.32. The van der Waals surface area contributed by atoms with E-state index in [0.29, 0.717) is 0 Å². The van der Waals surface area contributed by atoms with Crippen LogP contribution in [0.5, 0.6) is 0 Å². The van der Waals surface area contributed by atoms with Gasteiger partial charge in [-0.25, -0.2) is 0 Å². The van der Waals surface area contributed by atoms with Crippen molar-refractivity contribution in [1.29, 1.82) is 0 Å². The minimum absolute atomic E-state index is 0.717. The van der Waals surface area contributed by atoms with Gasteiger partial charge in [-0.1, -0.05) is 0 Å². The first kappa shape index (κ1) is 13.9. The molecule has 1 saturated heterocycles. The maximum Gasteiger partial charge on any atom is 0.00914 e. The Kier molecular flexibility index (Phi) is 6.32. The molecule has 0 radical (unpaired) electrons. The standard InChI is InChI=1S/C13H29N3/c1-12(2)16-10-6-13(7-11-16)14-8-5-9-15(3)4/h12-14H,5-11H2,1-4H3. The number of piperidine rings is 1. The number of hydrogen-bond acceptors (Lipinski definition) is 3. The summed E-state index contributed by atoms with van der Waals surface area (Å²) in [5.41, 5.74) is 0. The van der Waals surface area contributed by atoms with E-state index in [-0.39, 0.29) is 0 Å². The lowest BCUT2D eigenvalue weighted by Gasteiger charge is -2.35. The van der Waals surface area contributed by atoms with Crippen LogP contribution in [0.3, 0.4) is 0 Å². The largest absolute Gasteiger partial charge is 0.314 e. The van der Waals surface area contributed by atoms with Gasteiger partial charge in [0.25, 0.3) is 0 Å². The van der Waals surface area contributed by atoms with Gasteiger partial charge in [-0.05, 0) is 73.4 Å². The van der Waals surface area contributed by atoms with Gasteiger partial charge in [0.05, 0.1) is 0 Å². The van der Waals surface area contributed by atoms with E-state index in [1.807, 2.05) is 0 Å². The normalized spacial score (nSPS) is 19.9. The molecule has 0 spiro atoms. The van der Waals surface area contributed by atoms with Gasteiger partial charge >= 0.3 is 0 Å². The molecule has 96 valence electrons. The minimum Gasteiger partial charge on any atom is -0.314 e. The summed E-state index contributed by atoms with van der Waals surface area (Å²) in [6.07, 6.45) is 3.90. The van der Waals surface area contributed by atoms with Gasteiger partial charge in [-0.15, -0.1) is 0 Å². The Labute approximate surface area is 101 Å². The van der Waals surface area contributed by atoms with Crippen LogP contribution in [0, 0.1) is 0 Å². The first-order chi connectivity index (χ1) is 7.59. The molecule has 0 atom stereocenters. The van der Waals surface area contributed by atoms with Crippen LogP contribution in [0.2, 0.25) is 0 Å². The predicted molar refractivity (Wildman–Crippen MR) is 70.9 cm³/mol. The van der Waals surface area contributed by atoms with Crippen molar-refractivity contribution in [2.45, 2.75) is 45.2 Å². The van der Waals surface area contributed by atoms with Gasteiger partial charge in [0, 0.05) is 12.1 Å². The molecule has 1 aliphatic heterocycles. The smallest absolute Gasteiger partial charge is 0.00914 e. The molecule has 0 aromatic rings. The van der Waals surface area contributed by atoms with Gasteiger partial charge in [0.2, 0.25) is 0 Å². The average molecular weight is 227 g/mol. The maximum absolute atomic E-state index is 3.68. The van der Waals surface area contributed by atoms with Crippen molar-refractivity contribution >= 4 is 0 Å². The van der Waals surface area contributed by atoms with Crippen molar-refractivity contribution in [2.75, 3.05) is 40.3 Å². The Morgan fingerprint density at radius 1 is 1.25 bits per heavy atom. The zero-order valence-electron chi connectivity index (χ0n) is 11.5. The highest BCUT2D eigenvalue weighted by molar-refractivity contribution is 4.78. The van der Waals surface area contributed by atoms with E-state index in [0.717, 1.165) is 12.1 Å². The molecule has 1 N–H and O–H groups in total. The number of nitrogens with zero attached hydrogens (tertiary/aromatic N) is 2. The third-order valence-electron chi connectivity index (χ3n) is 3.47.